The average molecular weight is 432 g/mol. The molecule has 0 aliphatic carbocycles. The Morgan fingerprint density at radius 2 is 2.00 bits per heavy atom. The molecule has 28 heavy (non-hydrogen) atoms. The topological polar surface area (TPSA) is 61.8 Å². The van der Waals surface area contributed by atoms with E-state index in [9.17, 15) is 9.50 Å². The summed E-state index contributed by atoms with van der Waals surface area (Å²) in [6.45, 7) is 1.85. The van der Waals surface area contributed by atoms with Gasteiger partial charge in [-0.15, -0.1) is 11.8 Å². The predicted octanol–water partition coefficient (Wildman–Crippen LogP) is 6.30. The molecule has 0 bridgehead atoms. The second kappa shape index (κ2) is 7.95. The van der Waals surface area contributed by atoms with Gasteiger partial charge in [0.25, 0.3) is 0 Å². The van der Waals surface area contributed by atoms with Crippen LogP contribution < -0.4 is 0 Å². The zero-order valence-electron chi connectivity index (χ0n) is 14.7. The molecule has 3 heterocycles. The summed E-state index contributed by atoms with van der Waals surface area (Å²) in [5.74, 6) is 1.03. The van der Waals surface area contributed by atoms with Crippen LogP contribution in [-0.2, 0) is 5.75 Å². The van der Waals surface area contributed by atoms with Crippen molar-refractivity contribution in [1.82, 2.24) is 15.0 Å². The predicted molar refractivity (Wildman–Crippen MR) is 113 cm³/mol. The molecular formula is C20H15ClFN3OS2. The lowest BCUT2D eigenvalue weighted by atomic mass is 10.0. The molecule has 8 heteroatoms. The van der Waals surface area contributed by atoms with Crippen molar-refractivity contribution in [3.05, 3.63) is 70.2 Å². The van der Waals surface area contributed by atoms with Gasteiger partial charge in [0.2, 0.25) is 0 Å². The molecule has 2 N–H and O–H groups in total. The molecule has 0 radical (unpaired) electrons. The van der Waals surface area contributed by atoms with Gasteiger partial charge in [-0.2, -0.15) is 0 Å². The van der Waals surface area contributed by atoms with Gasteiger partial charge in [0.1, 0.15) is 16.0 Å². The Labute approximate surface area is 174 Å². The maximum absolute atomic E-state index is 13.3. The SMILES string of the molecule is Cc1c(O)sc(Cl)c1CSc1cc(-c2ncc[nH]2)c(-c2ccc(F)cc2)cn1. The van der Waals surface area contributed by atoms with E-state index < -0.39 is 0 Å². The van der Waals surface area contributed by atoms with E-state index >= 15 is 0 Å². The van der Waals surface area contributed by atoms with Gasteiger partial charge in [0.15, 0.2) is 5.06 Å². The lowest BCUT2D eigenvalue weighted by molar-refractivity contribution is 0.486. The van der Waals surface area contributed by atoms with Crippen molar-refractivity contribution in [1.29, 1.82) is 0 Å². The smallest absolute Gasteiger partial charge is 0.175 e. The summed E-state index contributed by atoms with van der Waals surface area (Å²) < 4.78 is 13.9. The maximum Gasteiger partial charge on any atom is 0.175 e. The monoisotopic (exact) mass is 431 g/mol. The Bertz CT molecular complexity index is 1110. The van der Waals surface area contributed by atoms with Crippen LogP contribution in [0.3, 0.4) is 0 Å². The summed E-state index contributed by atoms with van der Waals surface area (Å²) in [5.41, 5.74) is 4.32. The van der Waals surface area contributed by atoms with Crippen LogP contribution in [0, 0.1) is 12.7 Å². The molecule has 0 fully saturated rings. The van der Waals surface area contributed by atoms with Crippen LogP contribution in [0.15, 0.2) is 53.9 Å². The molecule has 0 saturated carbocycles. The first-order valence-corrected chi connectivity index (χ1v) is 10.6. The van der Waals surface area contributed by atoms with Crippen LogP contribution >= 0.6 is 34.7 Å². The summed E-state index contributed by atoms with van der Waals surface area (Å²) in [5, 5.41) is 10.9. The van der Waals surface area contributed by atoms with Crippen molar-refractivity contribution >= 4 is 34.7 Å². The highest BCUT2D eigenvalue weighted by Crippen LogP contribution is 2.41. The molecule has 3 aromatic heterocycles. The van der Waals surface area contributed by atoms with E-state index in [0.717, 1.165) is 32.8 Å². The standard InChI is InChI=1S/C20H15ClFN3OS2/c1-11-16(18(21)28-20(11)26)10-27-17-8-14(19-23-6-7-24-19)15(9-25-17)12-2-4-13(22)5-3-12/h2-9,26H,10H2,1H3,(H,23,24). The lowest BCUT2D eigenvalue weighted by Crippen LogP contribution is -1.92. The van der Waals surface area contributed by atoms with E-state index in [2.05, 4.69) is 15.0 Å². The number of imidazole rings is 1. The van der Waals surface area contributed by atoms with Crippen LogP contribution in [0.2, 0.25) is 4.34 Å². The Kier molecular flexibility index (Phi) is 5.39. The number of hydrogen-bond acceptors (Lipinski definition) is 5. The first kappa shape index (κ1) is 19.0. The van der Waals surface area contributed by atoms with Crippen LogP contribution in [0.5, 0.6) is 5.06 Å². The maximum atomic E-state index is 13.3. The molecule has 0 unspecified atom stereocenters. The highest BCUT2D eigenvalue weighted by Gasteiger charge is 2.16. The number of hydrogen-bond donors (Lipinski definition) is 2. The first-order chi connectivity index (χ1) is 13.5. The summed E-state index contributed by atoms with van der Waals surface area (Å²) in [7, 11) is 0. The molecule has 0 spiro atoms. The number of nitrogens with zero attached hydrogens (tertiary/aromatic N) is 2. The van der Waals surface area contributed by atoms with E-state index in [1.165, 1.54) is 35.2 Å². The molecule has 0 amide bonds. The number of thiophene rings is 1. The van der Waals surface area contributed by atoms with Crippen LogP contribution in [0.25, 0.3) is 22.5 Å². The van der Waals surface area contributed by atoms with E-state index in [4.69, 9.17) is 11.6 Å². The molecule has 0 atom stereocenters. The Hall–Kier alpha value is -2.35. The molecule has 4 aromatic rings. The number of nitrogens with one attached hydrogen (secondary N) is 1. The minimum absolute atomic E-state index is 0.247. The third kappa shape index (κ3) is 3.78. The normalized spacial score (nSPS) is 11.1. The van der Waals surface area contributed by atoms with Gasteiger partial charge >= 0.3 is 0 Å². The van der Waals surface area contributed by atoms with Crippen LogP contribution in [0.1, 0.15) is 11.1 Å². The fraction of sp³-hybridized carbons (Fsp3) is 0.100. The van der Waals surface area contributed by atoms with Crippen molar-refractivity contribution in [2.45, 2.75) is 17.7 Å². The molecule has 4 nitrogen and oxygen atoms in total. The van der Waals surface area contributed by atoms with Crippen molar-refractivity contribution in [2.75, 3.05) is 0 Å². The van der Waals surface area contributed by atoms with Gasteiger partial charge in [-0.25, -0.2) is 14.4 Å². The Morgan fingerprint density at radius 3 is 2.64 bits per heavy atom. The lowest BCUT2D eigenvalue weighted by Gasteiger charge is -2.10. The van der Waals surface area contributed by atoms with Crippen molar-refractivity contribution in [2.24, 2.45) is 0 Å². The molecule has 0 aliphatic heterocycles. The summed E-state index contributed by atoms with van der Waals surface area (Å²) in [6, 6.07) is 8.26. The second-order valence-corrected chi connectivity index (χ2v) is 8.68. The van der Waals surface area contributed by atoms with Crippen molar-refractivity contribution in [3.8, 4) is 27.6 Å². The molecule has 142 valence electrons. The third-order valence-electron chi connectivity index (χ3n) is 4.35. The number of rotatable bonds is 5. The number of halogens is 2. The Morgan fingerprint density at radius 1 is 1.21 bits per heavy atom. The van der Waals surface area contributed by atoms with E-state index in [1.54, 1.807) is 30.7 Å². The van der Waals surface area contributed by atoms with Gasteiger partial charge in [-0.3, -0.25) is 0 Å². The highest BCUT2D eigenvalue weighted by atomic mass is 35.5. The van der Waals surface area contributed by atoms with Crippen LogP contribution in [-0.4, -0.2) is 20.1 Å². The van der Waals surface area contributed by atoms with Crippen LogP contribution in [0.4, 0.5) is 4.39 Å². The minimum atomic E-state index is -0.283. The van der Waals surface area contributed by atoms with Gasteiger partial charge in [-0.05, 0) is 36.2 Å². The molecule has 4 rings (SSSR count). The summed E-state index contributed by atoms with van der Waals surface area (Å²) >= 11 is 8.93. The van der Waals surface area contributed by atoms with Gasteiger partial charge in [0, 0.05) is 41.0 Å². The first-order valence-electron chi connectivity index (χ1n) is 8.38. The minimum Gasteiger partial charge on any atom is -0.499 e. The molecular weight excluding hydrogens is 417 g/mol. The number of aromatic amines is 1. The average Bonchev–Trinajstić information content (AvgIpc) is 3.30. The number of benzene rings is 1. The third-order valence-corrected chi connectivity index (χ3v) is 6.69. The van der Waals surface area contributed by atoms with Crippen molar-refractivity contribution in [3.63, 3.8) is 0 Å². The molecule has 0 saturated heterocycles. The molecule has 0 aliphatic rings. The fourth-order valence-electron chi connectivity index (χ4n) is 2.79. The zero-order chi connectivity index (χ0) is 19.7. The fourth-order valence-corrected chi connectivity index (χ4v) is 5.17. The Balaban J connectivity index is 1.68. The number of aromatic hydroxyl groups is 1. The number of thioether (sulfide) groups is 1. The number of H-pyrrole nitrogens is 1. The zero-order valence-corrected chi connectivity index (χ0v) is 17.1. The van der Waals surface area contributed by atoms with E-state index in [0.29, 0.717) is 15.9 Å². The molecule has 1 aromatic carbocycles. The second-order valence-electron chi connectivity index (χ2n) is 6.09. The summed E-state index contributed by atoms with van der Waals surface area (Å²) in [6.07, 6.45) is 5.22. The largest absolute Gasteiger partial charge is 0.499 e. The highest BCUT2D eigenvalue weighted by molar-refractivity contribution is 7.98. The number of pyridine rings is 1. The van der Waals surface area contributed by atoms with E-state index in [1.807, 2.05) is 13.0 Å². The van der Waals surface area contributed by atoms with Gasteiger partial charge < -0.3 is 10.1 Å². The van der Waals surface area contributed by atoms with E-state index in [-0.39, 0.29) is 10.9 Å². The quantitative estimate of drug-likeness (QED) is 0.364. The van der Waals surface area contributed by atoms with Crippen molar-refractivity contribution < 1.29 is 9.50 Å². The van der Waals surface area contributed by atoms with Gasteiger partial charge in [0.05, 0.1) is 5.03 Å². The number of aromatic nitrogens is 3. The summed E-state index contributed by atoms with van der Waals surface area (Å²) in [4.78, 5) is 12.0. The van der Waals surface area contributed by atoms with Gasteiger partial charge in [-0.1, -0.05) is 35.1 Å².